The number of allylic oxidation sites excluding steroid dienone is 1. The minimum absolute atomic E-state index is 0. The molecule has 0 unspecified atom stereocenters. The maximum atomic E-state index is 6.45. The fourth-order valence-corrected chi connectivity index (χ4v) is 3.19. The third-order valence-corrected chi connectivity index (χ3v) is 4.17. The highest BCUT2D eigenvalue weighted by molar-refractivity contribution is 6.31. The Morgan fingerprint density at radius 1 is 1.33 bits per heavy atom. The van der Waals surface area contributed by atoms with Gasteiger partial charge in [-0.2, -0.15) is 0 Å². The van der Waals surface area contributed by atoms with E-state index in [0.29, 0.717) is 6.04 Å². The molecular weight excluding hydrogens is 327 g/mol. The lowest BCUT2D eigenvalue weighted by Crippen LogP contribution is -2.45. The van der Waals surface area contributed by atoms with Gasteiger partial charge < -0.3 is 5.32 Å². The highest BCUT2D eigenvalue weighted by atomic mass is 35.5. The van der Waals surface area contributed by atoms with Crippen molar-refractivity contribution < 1.29 is 0 Å². The van der Waals surface area contributed by atoms with Crippen LogP contribution in [0.1, 0.15) is 30.0 Å². The van der Waals surface area contributed by atoms with Crippen molar-refractivity contribution in [2.45, 2.75) is 25.8 Å². The summed E-state index contributed by atoms with van der Waals surface area (Å²) in [4.78, 5) is 2.55. The summed E-state index contributed by atoms with van der Waals surface area (Å²) in [6.07, 6.45) is 4.12. The summed E-state index contributed by atoms with van der Waals surface area (Å²) in [5, 5.41) is 4.31. The molecule has 1 aromatic rings. The standard InChI is InChI=1S/C16H23ClN2.2ClH/c1-3-4-8-15(19-11-9-18-10-12-19)16-13(2)6-5-7-14(16)17;;/h3,5-7,15,18H,1,4,8-12H2,2H3;2*1H/t15-;;/m0../s1. The van der Waals surface area contributed by atoms with Crippen molar-refractivity contribution in [3.05, 3.63) is 47.0 Å². The molecule has 0 amide bonds. The summed E-state index contributed by atoms with van der Waals surface area (Å²) >= 11 is 6.45. The second-order valence-electron chi connectivity index (χ2n) is 5.14. The van der Waals surface area contributed by atoms with Gasteiger partial charge in [0.2, 0.25) is 0 Å². The van der Waals surface area contributed by atoms with E-state index in [0.717, 1.165) is 44.0 Å². The van der Waals surface area contributed by atoms with Crippen molar-refractivity contribution in [2.24, 2.45) is 0 Å². The molecule has 1 atom stereocenters. The third kappa shape index (κ3) is 5.46. The van der Waals surface area contributed by atoms with Gasteiger partial charge in [-0.3, -0.25) is 4.90 Å². The lowest BCUT2D eigenvalue weighted by Gasteiger charge is -2.36. The molecule has 2 rings (SSSR count). The third-order valence-electron chi connectivity index (χ3n) is 3.84. The highest BCUT2D eigenvalue weighted by Crippen LogP contribution is 2.33. The van der Waals surface area contributed by atoms with Gasteiger partial charge in [-0.25, -0.2) is 0 Å². The first kappa shape index (κ1) is 20.8. The average Bonchev–Trinajstić information content (AvgIpc) is 2.43. The predicted octanol–water partition coefficient (Wildman–Crippen LogP) is 4.40. The van der Waals surface area contributed by atoms with Crippen LogP contribution in [0.25, 0.3) is 0 Å². The molecule has 0 spiro atoms. The van der Waals surface area contributed by atoms with Crippen LogP contribution in [0.2, 0.25) is 5.02 Å². The molecule has 5 heteroatoms. The number of piperazine rings is 1. The predicted molar refractivity (Wildman–Crippen MR) is 97.3 cm³/mol. The fourth-order valence-electron chi connectivity index (χ4n) is 2.85. The molecule has 2 nitrogen and oxygen atoms in total. The molecule has 1 heterocycles. The van der Waals surface area contributed by atoms with Crippen LogP contribution >= 0.6 is 36.4 Å². The van der Waals surface area contributed by atoms with E-state index in [1.165, 1.54) is 11.1 Å². The van der Waals surface area contributed by atoms with Crippen LogP contribution in [0.4, 0.5) is 0 Å². The summed E-state index contributed by atoms with van der Waals surface area (Å²) in [7, 11) is 0. The van der Waals surface area contributed by atoms with Crippen LogP contribution in [-0.4, -0.2) is 31.1 Å². The SMILES string of the molecule is C=CCC[C@@H](c1c(C)cccc1Cl)N1CCNCC1.Cl.Cl. The molecule has 1 aliphatic heterocycles. The van der Waals surface area contributed by atoms with Gasteiger partial charge in [0.15, 0.2) is 0 Å². The number of hydrogen-bond acceptors (Lipinski definition) is 2. The first-order valence-electron chi connectivity index (χ1n) is 7.04. The Labute approximate surface area is 145 Å². The molecule has 1 aliphatic rings. The molecule has 0 aliphatic carbocycles. The number of nitrogens with zero attached hydrogens (tertiary/aromatic N) is 1. The first-order chi connectivity index (χ1) is 9.24. The quantitative estimate of drug-likeness (QED) is 0.791. The van der Waals surface area contributed by atoms with E-state index in [-0.39, 0.29) is 24.8 Å². The van der Waals surface area contributed by atoms with E-state index in [9.17, 15) is 0 Å². The van der Waals surface area contributed by atoms with E-state index in [1.54, 1.807) is 0 Å². The van der Waals surface area contributed by atoms with E-state index in [4.69, 9.17) is 11.6 Å². The highest BCUT2D eigenvalue weighted by Gasteiger charge is 2.24. The van der Waals surface area contributed by atoms with E-state index < -0.39 is 0 Å². The zero-order valence-corrected chi connectivity index (χ0v) is 14.9. The smallest absolute Gasteiger partial charge is 0.0456 e. The summed E-state index contributed by atoms with van der Waals surface area (Å²) in [5.41, 5.74) is 2.59. The van der Waals surface area contributed by atoms with Crippen LogP contribution in [0.3, 0.4) is 0 Å². The Kier molecular flexibility index (Phi) is 10.3. The first-order valence-corrected chi connectivity index (χ1v) is 7.42. The normalized spacial score (nSPS) is 16.5. The molecule has 1 aromatic carbocycles. The zero-order chi connectivity index (χ0) is 13.7. The number of halogens is 3. The average molecular weight is 352 g/mol. The van der Waals surface area contributed by atoms with Crippen LogP contribution in [0.5, 0.6) is 0 Å². The van der Waals surface area contributed by atoms with Crippen molar-refractivity contribution in [3.8, 4) is 0 Å². The van der Waals surface area contributed by atoms with Crippen molar-refractivity contribution in [1.29, 1.82) is 0 Å². The van der Waals surface area contributed by atoms with Gasteiger partial charge in [-0.1, -0.05) is 29.8 Å². The van der Waals surface area contributed by atoms with Crippen molar-refractivity contribution in [1.82, 2.24) is 10.2 Å². The largest absolute Gasteiger partial charge is 0.314 e. The Bertz CT molecular complexity index is 411. The van der Waals surface area contributed by atoms with Gasteiger partial charge in [-0.15, -0.1) is 31.4 Å². The summed E-state index contributed by atoms with van der Waals surface area (Å²) in [5.74, 6) is 0. The molecule has 0 saturated carbocycles. The lowest BCUT2D eigenvalue weighted by atomic mass is 9.95. The van der Waals surface area contributed by atoms with Gasteiger partial charge in [0.25, 0.3) is 0 Å². The molecule has 1 N–H and O–H groups in total. The van der Waals surface area contributed by atoms with Crippen molar-refractivity contribution in [2.75, 3.05) is 26.2 Å². The number of hydrogen-bond donors (Lipinski definition) is 1. The van der Waals surface area contributed by atoms with Crippen LogP contribution < -0.4 is 5.32 Å². The van der Waals surface area contributed by atoms with Gasteiger partial charge >= 0.3 is 0 Å². The molecule has 21 heavy (non-hydrogen) atoms. The molecule has 0 aromatic heterocycles. The number of rotatable bonds is 5. The van der Waals surface area contributed by atoms with E-state index >= 15 is 0 Å². The molecular formula is C16H25Cl3N2. The number of nitrogens with one attached hydrogen (secondary N) is 1. The van der Waals surface area contributed by atoms with Gasteiger partial charge in [0.05, 0.1) is 0 Å². The van der Waals surface area contributed by atoms with Crippen molar-refractivity contribution in [3.63, 3.8) is 0 Å². The fraction of sp³-hybridized carbons (Fsp3) is 0.500. The number of benzene rings is 1. The van der Waals surface area contributed by atoms with Crippen LogP contribution in [0.15, 0.2) is 30.9 Å². The van der Waals surface area contributed by atoms with E-state index in [1.807, 2.05) is 18.2 Å². The summed E-state index contributed by atoms with van der Waals surface area (Å²) in [6, 6.07) is 6.61. The van der Waals surface area contributed by atoms with Gasteiger partial charge in [0.1, 0.15) is 0 Å². The Morgan fingerprint density at radius 2 is 2.00 bits per heavy atom. The second-order valence-corrected chi connectivity index (χ2v) is 5.55. The lowest BCUT2D eigenvalue weighted by molar-refractivity contribution is 0.166. The van der Waals surface area contributed by atoms with E-state index in [2.05, 4.69) is 29.8 Å². The molecule has 0 bridgehead atoms. The summed E-state index contributed by atoms with van der Waals surface area (Å²) < 4.78 is 0. The van der Waals surface area contributed by atoms with Gasteiger partial charge in [0, 0.05) is 37.2 Å². The second kappa shape index (κ2) is 10.5. The Morgan fingerprint density at radius 3 is 2.57 bits per heavy atom. The minimum Gasteiger partial charge on any atom is -0.314 e. The molecule has 0 radical (unpaired) electrons. The Hall–Kier alpha value is -0.250. The zero-order valence-electron chi connectivity index (χ0n) is 12.5. The molecule has 120 valence electrons. The maximum Gasteiger partial charge on any atom is 0.0456 e. The van der Waals surface area contributed by atoms with Crippen LogP contribution in [-0.2, 0) is 0 Å². The Balaban J connectivity index is 0.00000200. The minimum atomic E-state index is 0. The topological polar surface area (TPSA) is 15.3 Å². The van der Waals surface area contributed by atoms with Gasteiger partial charge in [-0.05, 0) is 37.0 Å². The summed E-state index contributed by atoms with van der Waals surface area (Å²) in [6.45, 7) is 10.3. The maximum absolute atomic E-state index is 6.45. The van der Waals surface area contributed by atoms with Crippen molar-refractivity contribution >= 4 is 36.4 Å². The van der Waals surface area contributed by atoms with Crippen LogP contribution in [0, 0.1) is 6.92 Å². The molecule has 1 saturated heterocycles. The monoisotopic (exact) mass is 350 g/mol. The molecule has 1 fully saturated rings. The number of aryl methyl sites for hydroxylation is 1.